The average molecular weight is 879 g/mol. The van der Waals surface area contributed by atoms with Gasteiger partial charge in [0, 0.05) is 33.8 Å². The minimum absolute atomic E-state index is 0.142. The van der Waals surface area contributed by atoms with Gasteiger partial charge in [0.2, 0.25) is 0 Å². The van der Waals surface area contributed by atoms with Crippen molar-refractivity contribution < 1.29 is 0 Å². The highest BCUT2D eigenvalue weighted by Crippen LogP contribution is 2.58. The number of aromatic nitrogens is 1. The van der Waals surface area contributed by atoms with Crippen LogP contribution < -0.4 is 4.90 Å². The molecule has 0 amide bonds. The maximum absolute atomic E-state index is 2.60. The van der Waals surface area contributed by atoms with E-state index in [1.165, 1.54) is 106 Å². The first kappa shape index (κ1) is 39.4. The Morgan fingerprint density at radius 1 is 0.362 bits per heavy atom. The number of allylic oxidation sites excluding steroid dienone is 2. The Morgan fingerprint density at radius 2 is 0.971 bits per heavy atom. The number of hydrogen-bond donors (Lipinski definition) is 0. The lowest BCUT2D eigenvalue weighted by Gasteiger charge is -2.35. The summed E-state index contributed by atoms with van der Waals surface area (Å²) in [7, 11) is 0. The van der Waals surface area contributed by atoms with Crippen molar-refractivity contribution in [3.8, 4) is 50.2 Å². The van der Waals surface area contributed by atoms with Gasteiger partial charge in [-0.1, -0.05) is 206 Å². The standard InChI is InChI=1S/C67H46N2/c1-6-20-45(21-7-1)49-42-57(46-22-8-2-9-23-46)66-59-41-48(35-39-64(59)68(65(66)43-49)52-28-14-5-15-29-52)47-34-38-63-58(40-47)56-31-17-19-33-62(56)69(63)53-36-37-55-54-30-16-18-32-60(54)67(61(55)44-53,50-24-10-3-11-25-50)51-26-12-4-13-27-51/h1-44,56,62H. The Kier molecular flexibility index (Phi) is 8.97. The van der Waals surface area contributed by atoms with E-state index < -0.39 is 5.41 Å². The first-order valence-corrected chi connectivity index (χ1v) is 24.2. The molecule has 0 saturated carbocycles. The molecule has 1 aromatic heterocycles. The summed E-state index contributed by atoms with van der Waals surface area (Å²) in [6, 6.07) is 90.3. The molecular weight excluding hydrogens is 833 g/mol. The summed E-state index contributed by atoms with van der Waals surface area (Å²) in [5, 5.41) is 2.50. The number of anilines is 2. The fourth-order valence-corrected chi connectivity index (χ4v) is 12.2. The quantitative estimate of drug-likeness (QED) is 0.155. The van der Waals surface area contributed by atoms with Gasteiger partial charge < -0.3 is 9.47 Å². The molecule has 2 heterocycles. The molecule has 0 spiro atoms. The van der Waals surface area contributed by atoms with E-state index in [4.69, 9.17) is 0 Å². The second-order valence-corrected chi connectivity index (χ2v) is 18.7. The predicted molar refractivity (Wildman–Crippen MR) is 288 cm³/mol. The van der Waals surface area contributed by atoms with Gasteiger partial charge >= 0.3 is 0 Å². The SMILES string of the molecule is C1=CC2c3cc(-c4ccc5c(c4)c4c(-c6ccccc6)cc(-c6ccccc6)cc4n5-c4ccccc4)ccc3N(c3ccc4c(c3)C(c3ccccc3)(c3ccccc3)c3ccccc3-4)C2C=C1. The van der Waals surface area contributed by atoms with Gasteiger partial charge in [0.1, 0.15) is 0 Å². The van der Waals surface area contributed by atoms with Crippen molar-refractivity contribution in [2.24, 2.45) is 0 Å². The normalized spacial score (nSPS) is 16.1. The molecule has 14 rings (SSSR count). The molecule has 10 aromatic carbocycles. The fraction of sp³-hybridized carbons (Fsp3) is 0.0448. The fourth-order valence-electron chi connectivity index (χ4n) is 12.2. The van der Waals surface area contributed by atoms with Crippen LogP contribution in [0.2, 0.25) is 0 Å². The van der Waals surface area contributed by atoms with Crippen molar-refractivity contribution in [2.75, 3.05) is 4.90 Å². The van der Waals surface area contributed by atoms with Crippen LogP contribution in [-0.2, 0) is 5.41 Å². The monoisotopic (exact) mass is 878 g/mol. The molecule has 324 valence electrons. The smallest absolute Gasteiger partial charge is 0.0714 e. The zero-order valence-electron chi connectivity index (χ0n) is 38.0. The molecule has 3 aliphatic rings. The highest BCUT2D eigenvalue weighted by molar-refractivity contribution is 6.17. The van der Waals surface area contributed by atoms with Crippen LogP contribution in [0.25, 0.3) is 72.0 Å². The summed E-state index contributed by atoms with van der Waals surface area (Å²) >= 11 is 0. The Balaban J connectivity index is 0.943. The van der Waals surface area contributed by atoms with E-state index in [2.05, 4.69) is 276 Å². The molecule has 0 radical (unpaired) electrons. The van der Waals surface area contributed by atoms with E-state index in [-0.39, 0.29) is 12.0 Å². The Hall–Kier alpha value is -8.72. The van der Waals surface area contributed by atoms with Crippen molar-refractivity contribution in [3.05, 3.63) is 295 Å². The Morgan fingerprint density at radius 3 is 1.71 bits per heavy atom. The molecule has 2 atom stereocenters. The lowest BCUT2D eigenvalue weighted by molar-refractivity contribution is 0.740. The van der Waals surface area contributed by atoms with Crippen LogP contribution in [0.15, 0.2) is 267 Å². The highest BCUT2D eigenvalue weighted by atomic mass is 15.2. The lowest BCUT2D eigenvalue weighted by Crippen LogP contribution is -2.30. The highest BCUT2D eigenvalue weighted by Gasteiger charge is 2.47. The lowest BCUT2D eigenvalue weighted by atomic mass is 9.67. The van der Waals surface area contributed by atoms with Gasteiger partial charge in [-0.15, -0.1) is 0 Å². The Bertz CT molecular complexity index is 3790. The van der Waals surface area contributed by atoms with Gasteiger partial charge in [0.15, 0.2) is 0 Å². The van der Waals surface area contributed by atoms with Gasteiger partial charge in [0.25, 0.3) is 0 Å². The van der Waals surface area contributed by atoms with E-state index in [0.29, 0.717) is 0 Å². The predicted octanol–water partition coefficient (Wildman–Crippen LogP) is 16.9. The molecule has 0 fully saturated rings. The van der Waals surface area contributed by atoms with Crippen LogP contribution in [0, 0.1) is 0 Å². The zero-order valence-corrected chi connectivity index (χ0v) is 38.0. The summed E-state index contributed by atoms with van der Waals surface area (Å²) in [4.78, 5) is 2.60. The zero-order chi connectivity index (χ0) is 45.5. The topological polar surface area (TPSA) is 8.17 Å². The van der Waals surface area contributed by atoms with E-state index >= 15 is 0 Å². The summed E-state index contributed by atoms with van der Waals surface area (Å²) in [6.07, 6.45) is 9.26. The third-order valence-electron chi connectivity index (χ3n) is 15.2. The molecule has 11 aromatic rings. The number of nitrogens with zero attached hydrogens (tertiary/aromatic N) is 2. The summed E-state index contributed by atoms with van der Waals surface area (Å²) in [5.74, 6) is 0.202. The number of para-hydroxylation sites is 1. The number of rotatable bonds is 7. The van der Waals surface area contributed by atoms with E-state index in [1.807, 2.05) is 0 Å². The molecule has 69 heavy (non-hydrogen) atoms. The van der Waals surface area contributed by atoms with Gasteiger partial charge in [-0.25, -0.2) is 0 Å². The summed E-state index contributed by atoms with van der Waals surface area (Å²) in [5.41, 5.74) is 22.0. The number of benzene rings is 10. The minimum Gasteiger partial charge on any atom is -0.333 e. The molecule has 2 unspecified atom stereocenters. The van der Waals surface area contributed by atoms with E-state index in [9.17, 15) is 0 Å². The van der Waals surface area contributed by atoms with Gasteiger partial charge in [-0.3, -0.25) is 0 Å². The second kappa shape index (κ2) is 15.7. The molecule has 2 heteroatoms. The van der Waals surface area contributed by atoms with Crippen molar-refractivity contribution in [1.29, 1.82) is 0 Å². The summed E-state index contributed by atoms with van der Waals surface area (Å²) in [6.45, 7) is 0. The molecule has 2 aliphatic carbocycles. The number of hydrogen-bond acceptors (Lipinski definition) is 1. The molecule has 1 aliphatic heterocycles. The third-order valence-corrected chi connectivity index (χ3v) is 15.2. The molecule has 2 nitrogen and oxygen atoms in total. The first-order valence-electron chi connectivity index (χ1n) is 24.2. The molecule has 0 N–H and O–H groups in total. The van der Waals surface area contributed by atoms with Crippen LogP contribution >= 0.6 is 0 Å². The van der Waals surface area contributed by atoms with Crippen LogP contribution in [0.1, 0.15) is 33.7 Å². The van der Waals surface area contributed by atoms with Crippen LogP contribution in [0.4, 0.5) is 11.4 Å². The van der Waals surface area contributed by atoms with Crippen molar-refractivity contribution in [1.82, 2.24) is 4.57 Å². The first-order chi connectivity index (χ1) is 34.2. The van der Waals surface area contributed by atoms with Crippen LogP contribution in [0.3, 0.4) is 0 Å². The van der Waals surface area contributed by atoms with Gasteiger partial charge in [-0.05, 0) is 133 Å². The van der Waals surface area contributed by atoms with Gasteiger partial charge in [0.05, 0.1) is 22.5 Å². The largest absolute Gasteiger partial charge is 0.333 e. The number of fused-ring (bicyclic) bond motifs is 9. The summed E-state index contributed by atoms with van der Waals surface area (Å²) < 4.78 is 2.46. The second-order valence-electron chi connectivity index (χ2n) is 18.7. The maximum Gasteiger partial charge on any atom is 0.0714 e. The third kappa shape index (κ3) is 5.98. The van der Waals surface area contributed by atoms with E-state index in [0.717, 1.165) is 5.69 Å². The molecular formula is C67H46N2. The molecule has 0 saturated heterocycles. The van der Waals surface area contributed by atoms with Crippen molar-refractivity contribution in [2.45, 2.75) is 17.4 Å². The van der Waals surface area contributed by atoms with Crippen molar-refractivity contribution >= 4 is 33.2 Å². The van der Waals surface area contributed by atoms with Crippen LogP contribution in [-0.4, -0.2) is 10.6 Å². The van der Waals surface area contributed by atoms with Crippen molar-refractivity contribution in [3.63, 3.8) is 0 Å². The average Bonchev–Trinajstić information content (AvgIpc) is 4.05. The van der Waals surface area contributed by atoms with E-state index in [1.54, 1.807) is 0 Å². The maximum atomic E-state index is 2.60. The Labute approximate surface area is 403 Å². The van der Waals surface area contributed by atoms with Gasteiger partial charge in [-0.2, -0.15) is 0 Å². The van der Waals surface area contributed by atoms with Crippen LogP contribution in [0.5, 0.6) is 0 Å². The molecule has 0 bridgehead atoms. The minimum atomic E-state index is -0.468.